The number of ether oxygens (including phenoxy) is 1. The van der Waals surface area contributed by atoms with Gasteiger partial charge in [-0.2, -0.15) is 0 Å². The van der Waals surface area contributed by atoms with E-state index in [0.717, 1.165) is 24.0 Å². The molecule has 0 saturated heterocycles. The molecule has 1 amide bonds. The van der Waals surface area contributed by atoms with Gasteiger partial charge in [0.05, 0.1) is 16.9 Å². The molecule has 0 radical (unpaired) electrons. The Morgan fingerprint density at radius 1 is 1.12 bits per heavy atom. The summed E-state index contributed by atoms with van der Waals surface area (Å²) in [4.78, 5) is 33.4. The SMILES string of the molecule is C[C@@H]1[C@@H](C)S(=O)(=O)NC(=O)c2ccc3c(n2)N(Cc2ccc(Cl)c(F)c2CCCCO3)C[C@@H]2CC[C@H]2C(=O)C2=C[C@H]1C2. The van der Waals surface area contributed by atoms with Crippen molar-refractivity contribution < 1.29 is 27.1 Å². The summed E-state index contributed by atoms with van der Waals surface area (Å²) in [6, 6.07) is 6.45. The van der Waals surface area contributed by atoms with E-state index in [1.165, 1.54) is 6.07 Å². The highest BCUT2D eigenvalue weighted by Crippen LogP contribution is 2.44. The van der Waals surface area contributed by atoms with Crippen molar-refractivity contribution in [1.82, 2.24) is 9.71 Å². The molecule has 42 heavy (non-hydrogen) atoms. The molecular formula is C31H35ClFN3O5S. The summed E-state index contributed by atoms with van der Waals surface area (Å²) < 4.78 is 50.1. The van der Waals surface area contributed by atoms with Crippen LogP contribution >= 0.6 is 11.6 Å². The van der Waals surface area contributed by atoms with Gasteiger partial charge in [0, 0.05) is 19.0 Å². The maximum Gasteiger partial charge on any atom is 0.283 e. The second-order valence-electron chi connectivity index (χ2n) is 12.1. The highest BCUT2D eigenvalue weighted by atomic mass is 35.5. The molecule has 1 fully saturated rings. The van der Waals surface area contributed by atoms with Crippen molar-refractivity contribution in [2.45, 2.75) is 64.2 Å². The van der Waals surface area contributed by atoms with E-state index < -0.39 is 27.0 Å². The Bertz CT molecular complexity index is 1580. The van der Waals surface area contributed by atoms with Crippen LogP contribution in [0.2, 0.25) is 5.02 Å². The number of benzene rings is 1. The molecule has 11 heteroatoms. The van der Waals surface area contributed by atoms with Crippen molar-refractivity contribution in [3.63, 3.8) is 0 Å². The number of carbonyl (C=O) groups is 2. The molecule has 5 atom stereocenters. The molecule has 1 aromatic carbocycles. The number of Topliss-reactive ketones (excluding diaryl/α,β-unsaturated/α-hetero) is 1. The Labute approximate surface area is 250 Å². The number of fused-ring (bicyclic) bond motifs is 5. The monoisotopic (exact) mass is 615 g/mol. The number of pyridine rings is 1. The fraction of sp³-hybridized carbons (Fsp3) is 0.516. The van der Waals surface area contributed by atoms with E-state index in [2.05, 4.69) is 9.71 Å². The molecule has 1 saturated carbocycles. The minimum absolute atomic E-state index is 0.0416. The quantitative estimate of drug-likeness (QED) is 0.432. The number of nitrogens with one attached hydrogen (secondary N) is 1. The Balaban J connectivity index is 1.46. The smallest absolute Gasteiger partial charge is 0.283 e. The molecule has 4 heterocycles. The topological polar surface area (TPSA) is 106 Å². The van der Waals surface area contributed by atoms with E-state index in [4.69, 9.17) is 16.3 Å². The Hall–Kier alpha value is -2.98. The van der Waals surface area contributed by atoms with Crippen molar-refractivity contribution >= 4 is 39.1 Å². The van der Waals surface area contributed by atoms with E-state index in [1.807, 2.05) is 24.0 Å². The van der Waals surface area contributed by atoms with Gasteiger partial charge in [-0.1, -0.05) is 30.7 Å². The summed E-state index contributed by atoms with van der Waals surface area (Å²) in [6.07, 6.45) is 5.92. The molecule has 2 aliphatic carbocycles. The third kappa shape index (κ3) is 5.32. The number of nitrogens with zero attached hydrogens (tertiary/aromatic N) is 2. The number of allylic oxidation sites excluding steroid dienone is 2. The first-order valence-electron chi connectivity index (χ1n) is 14.7. The van der Waals surface area contributed by atoms with Crippen LogP contribution in [0.5, 0.6) is 5.75 Å². The number of amides is 1. The molecule has 8 nitrogen and oxygen atoms in total. The molecule has 1 aromatic heterocycles. The van der Waals surface area contributed by atoms with Gasteiger partial charge in [-0.15, -0.1) is 0 Å². The molecule has 2 aromatic rings. The van der Waals surface area contributed by atoms with Crippen LogP contribution in [0.25, 0.3) is 0 Å². The van der Waals surface area contributed by atoms with E-state index in [1.54, 1.807) is 19.1 Å². The lowest BCUT2D eigenvalue weighted by atomic mass is 9.65. The highest BCUT2D eigenvalue weighted by molar-refractivity contribution is 7.90. The number of carbonyl (C=O) groups excluding carboxylic acids is 2. The van der Waals surface area contributed by atoms with Gasteiger partial charge in [0.15, 0.2) is 17.4 Å². The van der Waals surface area contributed by atoms with E-state index in [-0.39, 0.29) is 46.7 Å². The Morgan fingerprint density at radius 3 is 2.64 bits per heavy atom. The first-order chi connectivity index (χ1) is 20.0. The van der Waals surface area contributed by atoms with Gasteiger partial charge in [-0.25, -0.2) is 22.5 Å². The molecule has 0 unspecified atom stereocenters. The predicted molar refractivity (Wildman–Crippen MR) is 158 cm³/mol. The summed E-state index contributed by atoms with van der Waals surface area (Å²) >= 11 is 6.16. The minimum Gasteiger partial charge on any atom is -0.490 e. The van der Waals surface area contributed by atoms with Crippen LogP contribution in [0.3, 0.4) is 0 Å². The van der Waals surface area contributed by atoms with Crippen LogP contribution in [-0.2, 0) is 27.8 Å². The number of aromatic nitrogens is 1. The maximum absolute atomic E-state index is 15.3. The maximum atomic E-state index is 15.3. The van der Waals surface area contributed by atoms with Gasteiger partial charge in [0.1, 0.15) is 11.5 Å². The fourth-order valence-corrected chi connectivity index (χ4v) is 8.02. The zero-order valence-corrected chi connectivity index (χ0v) is 25.3. The number of ketones is 1. The molecule has 0 spiro atoms. The molecule has 1 N–H and O–H groups in total. The molecule has 7 rings (SSSR count). The standard InChI is InChI=1S/C31H35ClFN3O5S/c1-17-18(2)42(39,40)35-31(38)26-10-11-27-30(34-26)36(16-20-6-8-24(20)29(37)22-13-21(17)14-22)15-19-7-9-25(32)28(33)23(19)5-3-4-12-41-27/h7,9-11,13,17-18,20-21,24H,3-6,8,12,14-16H2,1-2H3,(H,35,38)/t17-,18-,20+,21+,24-/m1/s1. The lowest BCUT2D eigenvalue weighted by Gasteiger charge is -2.42. The number of sulfonamides is 1. The van der Waals surface area contributed by atoms with Crippen LogP contribution in [0, 0.1) is 29.5 Å². The third-order valence-electron chi connectivity index (χ3n) is 9.64. The van der Waals surface area contributed by atoms with E-state index in [0.29, 0.717) is 56.0 Å². The van der Waals surface area contributed by atoms with Crippen molar-refractivity contribution in [1.29, 1.82) is 0 Å². The van der Waals surface area contributed by atoms with Gasteiger partial charge < -0.3 is 9.64 Å². The molecule has 224 valence electrons. The van der Waals surface area contributed by atoms with Gasteiger partial charge in [-0.3, -0.25) is 9.59 Å². The lowest BCUT2D eigenvalue weighted by molar-refractivity contribution is -0.124. The molecule has 5 aliphatic rings. The van der Waals surface area contributed by atoms with Gasteiger partial charge in [0.25, 0.3) is 5.91 Å². The van der Waals surface area contributed by atoms with Crippen LogP contribution in [-0.4, -0.2) is 43.5 Å². The number of halogens is 2. The summed E-state index contributed by atoms with van der Waals surface area (Å²) in [6.45, 7) is 4.48. The lowest BCUT2D eigenvalue weighted by Crippen LogP contribution is -2.45. The van der Waals surface area contributed by atoms with Gasteiger partial charge in [0.2, 0.25) is 10.0 Å². The summed E-state index contributed by atoms with van der Waals surface area (Å²) in [5.41, 5.74) is 1.97. The summed E-state index contributed by atoms with van der Waals surface area (Å²) in [7, 11) is -4.03. The number of anilines is 1. The van der Waals surface area contributed by atoms with Crippen molar-refractivity contribution in [2.24, 2.45) is 23.7 Å². The normalized spacial score (nSPS) is 29.3. The van der Waals surface area contributed by atoms with Gasteiger partial charge in [-0.05, 0) is 98.1 Å². The fourth-order valence-electron chi connectivity index (χ4n) is 6.53. The summed E-state index contributed by atoms with van der Waals surface area (Å²) in [5, 5.41) is -0.797. The number of hydrogen-bond donors (Lipinski definition) is 1. The average Bonchev–Trinajstić information content (AvgIpc) is 2.94. The van der Waals surface area contributed by atoms with E-state index >= 15 is 4.39 Å². The first-order valence-corrected chi connectivity index (χ1v) is 16.6. The predicted octanol–water partition coefficient (Wildman–Crippen LogP) is 5.24. The first kappa shape index (κ1) is 29.1. The number of rotatable bonds is 0. The third-order valence-corrected chi connectivity index (χ3v) is 11.8. The van der Waals surface area contributed by atoms with Crippen LogP contribution in [0.1, 0.15) is 67.6 Å². The Kier molecular flexibility index (Phi) is 7.81. The van der Waals surface area contributed by atoms with Gasteiger partial charge >= 0.3 is 0 Å². The van der Waals surface area contributed by atoms with Crippen molar-refractivity contribution in [3.05, 3.63) is 63.6 Å². The van der Waals surface area contributed by atoms with Crippen LogP contribution in [0.4, 0.5) is 10.2 Å². The minimum atomic E-state index is -4.03. The van der Waals surface area contributed by atoms with E-state index in [9.17, 15) is 18.0 Å². The van der Waals surface area contributed by atoms with Crippen LogP contribution in [0.15, 0.2) is 35.9 Å². The van der Waals surface area contributed by atoms with Crippen LogP contribution < -0.4 is 14.4 Å². The zero-order valence-electron chi connectivity index (χ0n) is 23.7. The molecular weight excluding hydrogens is 581 g/mol. The second-order valence-corrected chi connectivity index (χ2v) is 14.6. The largest absolute Gasteiger partial charge is 0.490 e. The molecule has 3 aliphatic heterocycles. The average molecular weight is 616 g/mol. The van der Waals surface area contributed by atoms with Crippen molar-refractivity contribution in [3.8, 4) is 5.75 Å². The zero-order chi connectivity index (χ0) is 29.8. The van der Waals surface area contributed by atoms with Crippen molar-refractivity contribution in [2.75, 3.05) is 18.1 Å². The highest BCUT2D eigenvalue weighted by Gasteiger charge is 2.43. The molecule has 4 bridgehead atoms. The second kappa shape index (κ2) is 11.3. The summed E-state index contributed by atoms with van der Waals surface area (Å²) in [5.74, 6) is -0.783. The number of hydrogen-bond acceptors (Lipinski definition) is 7. The Morgan fingerprint density at radius 2 is 1.90 bits per heavy atom.